The van der Waals surface area contributed by atoms with Crippen LogP contribution < -0.4 is 20.5 Å². The van der Waals surface area contributed by atoms with Gasteiger partial charge in [-0.15, -0.1) is 0 Å². The number of anilines is 1. The second-order valence-electron chi connectivity index (χ2n) is 4.40. The number of nitrogens with one attached hydrogen (secondary N) is 1. The van der Waals surface area contributed by atoms with Gasteiger partial charge in [-0.1, -0.05) is 24.3 Å². The zero-order valence-electron chi connectivity index (χ0n) is 11.8. The van der Waals surface area contributed by atoms with Gasteiger partial charge in [-0.3, -0.25) is 5.32 Å². The third kappa shape index (κ3) is 4.22. The van der Waals surface area contributed by atoms with Crippen molar-refractivity contribution in [3.63, 3.8) is 0 Å². The summed E-state index contributed by atoms with van der Waals surface area (Å²) in [6.07, 6.45) is 0.235. The Balaban J connectivity index is 1.98. The van der Waals surface area contributed by atoms with E-state index < -0.39 is 6.09 Å². The Bertz CT molecular complexity index is 597. The first-order valence-electron chi connectivity index (χ1n) is 6.64. The Morgan fingerprint density at radius 2 is 1.86 bits per heavy atom. The van der Waals surface area contributed by atoms with Crippen LogP contribution in [0.2, 0.25) is 0 Å². The first-order valence-corrected chi connectivity index (χ1v) is 6.64. The van der Waals surface area contributed by atoms with Crippen molar-refractivity contribution >= 4 is 11.8 Å². The van der Waals surface area contributed by atoms with Gasteiger partial charge in [-0.25, -0.2) is 4.79 Å². The van der Waals surface area contributed by atoms with E-state index >= 15 is 0 Å². The molecular weight excluding hydrogens is 268 g/mol. The molecular formula is C16H18N2O3. The number of methoxy groups -OCH3 is 1. The fourth-order valence-corrected chi connectivity index (χ4v) is 1.88. The van der Waals surface area contributed by atoms with Crippen molar-refractivity contribution in [3.8, 4) is 11.5 Å². The molecule has 0 aliphatic rings. The van der Waals surface area contributed by atoms with Gasteiger partial charge < -0.3 is 15.2 Å². The summed E-state index contributed by atoms with van der Waals surface area (Å²) in [5, 5.41) is 2.64. The summed E-state index contributed by atoms with van der Waals surface area (Å²) in [7, 11) is 1.54. The maximum absolute atomic E-state index is 11.9. The van der Waals surface area contributed by atoms with Gasteiger partial charge in [0, 0.05) is 0 Å². The van der Waals surface area contributed by atoms with Crippen molar-refractivity contribution in [1.82, 2.24) is 0 Å². The lowest BCUT2D eigenvalue weighted by atomic mass is 10.1. The second kappa shape index (κ2) is 7.31. The van der Waals surface area contributed by atoms with E-state index in [1.54, 1.807) is 37.4 Å². The molecule has 0 aromatic heterocycles. The Hall–Kier alpha value is -2.53. The van der Waals surface area contributed by atoms with Gasteiger partial charge in [-0.05, 0) is 42.8 Å². The van der Waals surface area contributed by atoms with Crippen molar-refractivity contribution in [2.45, 2.75) is 6.42 Å². The van der Waals surface area contributed by atoms with Crippen molar-refractivity contribution in [2.75, 3.05) is 19.0 Å². The van der Waals surface area contributed by atoms with Gasteiger partial charge in [0.05, 0.1) is 12.8 Å². The summed E-state index contributed by atoms with van der Waals surface area (Å²) in [6.45, 7) is 0.592. The zero-order valence-corrected chi connectivity index (χ0v) is 11.8. The van der Waals surface area contributed by atoms with E-state index in [4.69, 9.17) is 15.2 Å². The minimum Gasteiger partial charge on any atom is -0.495 e. The number of benzene rings is 2. The molecule has 1 amide bonds. The molecule has 3 N–H and O–H groups in total. The van der Waals surface area contributed by atoms with Crippen LogP contribution in [-0.2, 0) is 6.42 Å². The number of ether oxygens (including phenoxy) is 2. The molecule has 2 aromatic rings. The summed E-state index contributed by atoms with van der Waals surface area (Å²) in [6, 6.07) is 14.4. The largest absolute Gasteiger partial charge is 0.495 e. The standard InChI is InChI=1S/C16H18N2O3/c1-20-15-5-3-2-4-14(15)18-16(19)21-13-8-6-12(7-9-13)10-11-17/h2-9H,10-11,17H2,1H3,(H,18,19). The molecule has 0 saturated carbocycles. The topological polar surface area (TPSA) is 73.6 Å². The normalized spacial score (nSPS) is 10.0. The number of hydrogen-bond donors (Lipinski definition) is 2. The van der Waals surface area contributed by atoms with E-state index in [0.29, 0.717) is 23.7 Å². The molecule has 110 valence electrons. The van der Waals surface area contributed by atoms with E-state index in [9.17, 15) is 4.79 Å². The van der Waals surface area contributed by atoms with Gasteiger partial charge in [0.15, 0.2) is 0 Å². The first kappa shape index (κ1) is 14.9. The van der Waals surface area contributed by atoms with E-state index in [2.05, 4.69) is 5.32 Å². The Labute approximate surface area is 123 Å². The van der Waals surface area contributed by atoms with Gasteiger partial charge in [0.25, 0.3) is 0 Å². The molecule has 0 bridgehead atoms. The van der Waals surface area contributed by atoms with Gasteiger partial charge in [0.2, 0.25) is 0 Å². The van der Waals surface area contributed by atoms with E-state index in [-0.39, 0.29) is 0 Å². The van der Waals surface area contributed by atoms with Crippen molar-refractivity contribution in [1.29, 1.82) is 0 Å². The molecule has 0 spiro atoms. The second-order valence-corrected chi connectivity index (χ2v) is 4.40. The van der Waals surface area contributed by atoms with Crippen LogP contribution in [0.4, 0.5) is 10.5 Å². The van der Waals surface area contributed by atoms with E-state index in [0.717, 1.165) is 12.0 Å². The van der Waals surface area contributed by atoms with Crippen molar-refractivity contribution in [3.05, 3.63) is 54.1 Å². The number of rotatable bonds is 5. The lowest BCUT2D eigenvalue weighted by molar-refractivity contribution is 0.215. The zero-order chi connectivity index (χ0) is 15.1. The fourth-order valence-electron chi connectivity index (χ4n) is 1.88. The molecule has 0 aliphatic carbocycles. The minimum atomic E-state index is -0.564. The predicted octanol–water partition coefficient (Wildman–Crippen LogP) is 2.81. The summed E-state index contributed by atoms with van der Waals surface area (Å²) in [5.74, 6) is 1.05. The maximum Gasteiger partial charge on any atom is 0.417 e. The van der Waals surface area contributed by atoms with Crippen molar-refractivity contribution < 1.29 is 14.3 Å². The highest BCUT2D eigenvalue weighted by Gasteiger charge is 2.08. The lowest BCUT2D eigenvalue weighted by Gasteiger charge is -2.10. The Morgan fingerprint density at radius 3 is 2.52 bits per heavy atom. The number of nitrogens with two attached hydrogens (primary N) is 1. The van der Waals surface area contributed by atoms with Crippen LogP contribution in [0.5, 0.6) is 11.5 Å². The molecule has 0 atom stereocenters. The lowest BCUT2D eigenvalue weighted by Crippen LogP contribution is -2.17. The van der Waals surface area contributed by atoms with Crippen LogP contribution in [0.1, 0.15) is 5.56 Å². The van der Waals surface area contributed by atoms with Crippen LogP contribution in [-0.4, -0.2) is 19.7 Å². The Morgan fingerprint density at radius 1 is 1.14 bits per heavy atom. The molecule has 5 heteroatoms. The minimum absolute atomic E-state index is 0.475. The van der Waals surface area contributed by atoms with Crippen molar-refractivity contribution in [2.24, 2.45) is 5.73 Å². The molecule has 21 heavy (non-hydrogen) atoms. The summed E-state index contributed by atoms with van der Waals surface area (Å²) >= 11 is 0. The molecule has 0 unspecified atom stereocenters. The van der Waals surface area contributed by atoms with Crippen LogP contribution in [0.15, 0.2) is 48.5 Å². The highest BCUT2D eigenvalue weighted by atomic mass is 16.6. The van der Waals surface area contributed by atoms with Gasteiger partial charge in [-0.2, -0.15) is 0 Å². The number of hydrogen-bond acceptors (Lipinski definition) is 4. The SMILES string of the molecule is COc1ccccc1NC(=O)Oc1ccc(CCN)cc1. The average Bonchev–Trinajstić information content (AvgIpc) is 2.50. The molecule has 0 heterocycles. The predicted molar refractivity (Wildman–Crippen MR) is 81.8 cm³/mol. The molecule has 0 aliphatic heterocycles. The molecule has 2 rings (SSSR count). The molecule has 0 fully saturated rings. The quantitative estimate of drug-likeness (QED) is 0.886. The van der Waals surface area contributed by atoms with Gasteiger partial charge in [0.1, 0.15) is 11.5 Å². The fraction of sp³-hybridized carbons (Fsp3) is 0.188. The third-order valence-corrected chi connectivity index (χ3v) is 2.91. The summed E-state index contributed by atoms with van der Waals surface area (Å²) in [4.78, 5) is 11.9. The number of para-hydroxylation sites is 2. The monoisotopic (exact) mass is 286 g/mol. The number of carbonyl (C=O) groups excluding carboxylic acids is 1. The maximum atomic E-state index is 11.9. The highest BCUT2D eigenvalue weighted by Crippen LogP contribution is 2.23. The van der Waals surface area contributed by atoms with Gasteiger partial charge >= 0.3 is 6.09 Å². The first-order chi connectivity index (χ1) is 10.2. The summed E-state index contributed by atoms with van der Waals surface area (Å²) < 4.78 is 10.4. The van der Waals surface area contributed by atoms with E-state index in [1.165, 1.54) is 0 Å². The molecule has 0 saturated heterocycles. The average molecular weight is 286 g/mol. The Kier molecular flexibility index (Phi) is 5.17. The van der Waals surface area contributed by atoms with Crippen LogP contribution >= 0.6 is 0 Å². The van der Waals surface area contributed by atoms with E-state index in [1.807, 2.05) is 18.2 Å². The molecule has 0 radical (unpaired) electrons. The van der Waals surface area contributed by atoms with Crippen LogP contribution in [0.3, 0.4) is 0 Å². The third-order valence-electron chi connectivity index (χ3n) is 2.91. The number of carbonyl (C=O) groups is 1. The summed E-state index contributed by atoms with van der Waals surface area (Å²) in [5.41, 5.74) is 7.15. The van der Waals surface area contributed by atoms with Crippen LogP contribution in [0.25, 0.3) is 0 Å². The van der Waals surface area contributed by atoms with Crippen LogP contribution in [0, 0.1) is 0 Å². The smallest absolute Gasteiger partial charge is 0.417 e. The molecule has 2 aromatic carbocycles. The number of amides is 1. The molecule has 5 nitrogen and oxygen atoms in total. The highest BCUT2D eigenvalue weighted by molar-refractivity contribution is 5.88.